The summed E-state index contributed by atoms with van der Waals surface area (Å²) in [6, 6.07) is 0.832. The number of rotatable bonds is 2. The number of hydrogen-bond acceptors (Lipinski definition) is 3. The highest BCUT2D eigenvalue weighted by molar-refractivity contribution is 5.86. The van der Waals surface area contributed by atoms with Gasteiger partial charge in [0, 0.05) is 38.8 Å². The monoisotopic (exact) mass is 291 g/mol. The summed E-state index contributed by atoms with van der Waals surface area (Å²) in [7, 11) is 0. The van der Waals surface area contributed by atoms with Crippen LogP contribution in [-0.2, 0) is 0 Å². The van der Waals surface area contributed by atoms with E-state index in [0.29, 0.717) is 0 Å². The van der Waals surface area contributed by atoms with Crippen LogP contribution in [0.1, 0.15) is 13.3 Å². The molecule has 0 radical (unpaired) electrons. The van der Waals surface area contributed by atoms with Gasteiger partial charge in [-0.2, -0.15) is 0 Å². The molecule has 2 rings (SSSR count). The first-order valence-electron chi connectivity index (χ1n) is 5.57. The van der Waals surface area contributed by atoms with Crippen LogP contribution >= 0.6 is 37.2 Å². The maximum Gasteiger partial charge on any atom is 0.0233 e. The van der Waals surface area contributed by atoms with Crippen molar-refractivity contribution in [3.8, 4) is 0 Å². The van der Waals surface area contributed by atoms with Crippen molar-refractivity contribution >= 4 is 37.2 Å². The van der Waals surface area contributed by atoms with Gasteiger partial charge in [-0.05, 0) is 19.5 Å². The summed E-state index contributed by atoms with van der Waals surface area (Å²) in [5.41, 5.74) is 0. The van der Waals surface area contributed by atoms with Crippen LogP contribution in [0, 0.1) is 0 Å². The fourth-order valence-corrected chi connectivity index (χ4v) is 2.40. The summed E-state index contributed by atoms with van der Waals surface area (Å²) in [6.45, 7) is 11.0. The Balaban J connectivity index is 0. The van der Waals surface area contributed by atoms with Crippen LogP contribution in [0.2, 0.25) is 0 Å². The van der Waals surface area contributed by atoms with Crippen molar-refractivity contribution in [3.05, 3.63) is 0 Å². The zero-order chi connectivity index (χ0) is 9.10. The van der Waals surface area contributed by atoms with Gasteiger partial charge in [-0.15, -0.1) is 37.2 Å². The van der Waals surface area contributed by atoms with Crippen molar-refractivity contribution in [2.75, 3.05) is 45.8 Å². The Hall–Kier alpha value is 0.750. The van der Waals surface area contributed by atoms with Gasteiger partial charge in [0.25, 0.3) is 0 Å². The molecule has 0 aromatic carbocycles. The second-order valence-electron chi connectivity index (χ2n) is 4.12. The lowest BCUT2D eigenvalue weighted by atomic mass is 10.2. The van der Waals surface area contributed by atoms with E-state index in [1.165, 1.54) is 52.2 Å². The first-order valence-corrected chi connectivity index (χ1v) is 5.57. The minimum Gasteiger partial charge on any atom is -0.315 e. The molecule has 0 amide bonds. The van der Waals surface area contributed by atoms with Crippen molar-refractivity contribution in [2.24, 2.45) is 0 Å². The first kappa shape index (κ1) is 19.1. The Morgan fingerprint density at radius 3 is 2.12 bits per heavy atom. The van der Waals surface area contributed by atoms with E-state index in [4.69, 9.17) is 0 Å². The second-order valence-corrected chi connectivity index (χ2v) is 4.12. The topological polar surface area (TPSA) is 18.5 Å². The molecule has 2 fully saturated rings. The quantitative estimate of drug-likeness (QED) is 0.826. The fraction of sp³-hybridized carbons (Fsp3) is 1.00. The van der Waals surface area contributed by atoms with Gasteiger partial charge >= 0.3 is 0 Å². The first-order chi connectivity index (χ1) is 6.40. The van der Waals surface area contributed by atoms with E-state index in [1.54, 1.807) is 0 Å². The summed E-state index contributed by atoms with van der Waals surface area (Å²) in [5, 5.41) is 3.44. The highest BCUT2D eigenvalue weighted by atomic mass is 35.5. The van der Waals surface area contributed by atoms with Crippen LogP contribution in [0.15, 0.2) is 0 Å². The molecule has 1 atom stereocenters. The summed E-state index contributed by atoms with van der Waals surface area (Å²) < 4.78 is 0. The molecule has 0 aromatic rings. The maximum atomic E-state index is 3.44. The predicted octanol–water partition coefficient (Wildman–Crippen LogP) is 1.25. The molecule has 0 aromatic heterocycles. The lowest BCUT2D eigenvalue weighted by molar-refractivity contribution is 0.106. The van der Waals surface area contributed by atoms with E-state index >= 15 is 0 Å². The number of piperazine rings is 1. The average molecular weight is 293 g/mol. The average Bonchev–Trinajstić information content (AvgIpc) is 2.71. The van der Waals surface area contributed by atoms with Crippen molar-refractivity contribution in [2.45, 2.75) is 19.4 Å². The molecule has 3 nitrogen and oxygen atoms in total. The van der Waals surface area contributed by atoms with Crippen LogP contribution in [0.3, 0.4) is 0 Å². The van der Waals surface area contributed by atoms with Gasteiger partial charge in [0.15, 0.2) is 0 Å². The molecule has 100 valence electrons. The van der Waals surface area contributed by atoms with Crippen molar-refractivity contribution in [1.29, 1.82) is 0 Å². The second kappa shape index (κ2) is 9.75. The van der Waals surface area contributed by atoms with E-state index in [-0.39, 0.29) is 37.2 Å². The number of nitrogens with zero attached hydrogens (tertiary/aromatic N) is 2. The molecule has 0 spiro atoms. The third-order valence-corrected chi connectivity index (χ3v) is 3.40. The SMILES string of the molecule is CCN1CCN([C@@H]2CCNC2)CC1.Cl.Cl.Cl. The highest BCUT2D eigenvalue weighted by Gasteiger charge is 2.25. The van der Waals surface area contributed by atoms with Crippen LogP contribution in [-0.4, -0.2) is 61.7 Å². The Kier molecular flexibility index (Phi) is 11.6. The smallest absolute Gasteiger partial charge is 0.0233 e. The summed E-state index contributed by atoms with van der Waals surface area (Å²) >= 11 is 0. The summed E-state index contributed by atoms with van der Waals surface area (Å²) in [6.07, 6.45) is 1.35. The standard InChI is InChI=1S/C10H21N3.3ClH/c1-2-12-5-7-13(8-6-12)10-3-4-11-9-10;;;/h10-11H,2-9H2,1H3;3*1H/t10-;;;/m1.../s1. The Morgan fingerprint density at radius 1 is 1.06 bits per heavy atom. The van der Waals surface area contributed by atoms with Crippen molar-refractivity contribution in [3.63, 3.8) is 0 Å². The summed E-state index contributed by atoms with van der Waals surface area (Å²) in [5.74, 6) is 0. The zero-order valence-electron chi connectivity index (χ0n) is 9.85. The molecule has 0 aliphatic carbocycles. The third kappa shape index (κ3) is 4.94. The highest BCUT2D eigenvalue weighted by Crippen LogP contribution is 2.11. The van der Waals surface area contributed by atoms with E-state index < -0.39 is 0 Å². The van der Waals surface area contributed by atoms with Crippen LogP contribution < -0.4 is 5.32 Å². The molecule has 0 saturated carbocycles. The molecule has 1 N–H and O–H groups in total. The Morgan fingerprint density at radius 2 is 1.69 bits per heavy atom. The summed E-state index contributed by atoms with van der Waals surface area (Å²) in [4.78, 5) is 5.20. The molecule has 16 heavy (non-hydrogen) atoms. The minimum atomic E-state index is 0. The van der Waals surface area contributed by atoms with Gasteiger partial charge in [0.1, 0.15) is 0 Å². The molecule has 0 bridgehead atoms. The number of nitrogens with one attached hydrogen (secondary N) is 1. The minimum absolute atomic E-state index is 0. The van der Waals surface area contributed by atoms with E-state index in [0.717, 1.165) is 6.04 Å². The van der Waals surface area contributed by atoms with Gasteiger partial charge in [0.2, 0.25) is 0 Å². The molecule has 6 heteroatoms. The predicted molar refractivity (Wildman–Crippen MR) is 76.7 cm³/mol. The van der Waals surface area contributed by atoms with Gasteiger partial charge in [0.05, 0.1) is 0 Å². The van der Waals surface area contributed by atoms with E-state index in [1.807, 2.05) is 0 Å². The van der Waals surface area contributed by atoms with E-state index in [2.05, 4.69) is 22.0 Å². The largest absolute Gasteiger partial charge is 0.315 e. The lowest BCUT2D eigenvalue weighted by Gasteiger charge is -2.37. The molecule has 2 heterocycles. The van der Waals surface area contributed by atoms with Gasteiger partial charge < -0.3 is 10.2 Å². The number of hydrogen-bond donors (Lipinski definition) is 1. The van der Waals surface area contributed by atoms with Crippen LogP contribution in [0.4, 0.5) is 0 Å². The van der Waals surface area contributed by atoms with Crippen molar-refractivity contribution in [1.82, 2.24) is 15.1 Å². The van der Waals surface area contributed by atoms with Crippen LogP contribution in [0.25, 0.3) is 0 Å². The normalized spacial score (nSPS) is 26.4. The van der Waals surface area contributed by atoms with E-state index in [9.17, 15) is 0 Å². The third-order valence-electron chi connectivity index (χ3n) is 3.40. The molecule has 2 aliphatic heterocycles. The molecule has 0 unspecified atom stereocenters. The van der Waals surface area contributed by atoms with Gasteiger partial charge in [-0.25, -0.2) is 0 Å². The zero-order valence-corrected chi connectivity index (χ0v) is 12.3. The molecule has 2 saturated heterocycles. The number of halogens is 3. The molecular formula is C10H24Cl3N3. The van der Waals surface area contributed by atoms with Crippen molar-refractivity contribution < 1.29 is 0 Å². The van der Waals surface area contributed by atoms with Gasteiger partial charge in [-0.3, -0.25) is 4.90 Å². The lowest BCUT2D eigenvalue weighted by Crippen LogP contribution is -2.50. The Bertz CT molecular complexity index is 157. The maximum absolute atomic E-state index is 3.44. The van der Waals surface area contributed by atoms with Crippen LogP contribution in [0.5, 0.6) is 0 Å². The molecular weight excluding hydrogens is 268 g/mol. The Labute approximate surface area is 118 Å². The fourth-order valence-electron chi connectivity index (χ4n) is 2.40. The molecule has 2 aliphatic rings. The number of likely N-dealkylation sites (N-methyl/N-ethyl adjacent to an activating group) is 1. The van der Waals surface area contributed by atoms with Gasteiger partial charge in [-0.1, -0.05) is 6.92 Å².